The second-order valence-electron chi connectivity index (χ2n) is 6.51. The van der Waals surface area contributed by atoms with Crippen LogP contribution in [0.3, 0.4) is 0 Å². The summed E-state index contributed by atoms with van der Waals surface area (Å²) in [5.41, 5.74) is -1.71. The molecule has 0 atom stereocenters. The van der Waals surface area contributed by atoms with Crippen molar-refractivity contribution in [3.05, 3.63) is 47.5 Å². The van der Waals surface area contributed by atoms with Crippen LogP contribution < -0.4 is 5.32 Å². The van der Waals surface area contributed by atoms with Crippen molar-refractivity contribution >= 4 is 27.5 Å². The van der Waals surface area contributed by atoms with Crippen LogP contribution in [0.1, 0.15) is 15.9 Å². The van der Waals surface area contributed by atoms with Crippen LogP contribution in [0.25, 0.3) is 11.1 Å². The minimum atomic E-state index is -6.92. The molecule has 0 unspecified atom stereocenters. The van der Waals surface area contributed by atoms with Crippen LogP contribution in [-0.4, -0.2) is 44.8 Å². The van der Waals surface area contributed by atoms with Crippen molar-refractivity contribution < 1.29 is 48.7 Å². The van der Waals surface area contributed by atoms with Gasteiger partial charge in [-0.05, 0) is 24.6 Å². The molecular weight excluding hydrogens is 485 g/mol. The first-order valence-corrected chi connectivity index (χ1v) is 10.1. The minimum Gasteiger partial charge on any atom is -0.355 e. The number of nitrogens with zero attached hydrogens (tertiary/aromatic N) is 1. The summed E-state index contributed by atoms with van der Waals surface area (Å²) in [6.45, 7) is 1.26. The maximum Gasteiger partial charge on any atom is 0.461 e. The van der Waals surface area contributed by atoms with E-state index in [-0.39, 0.29) is 11.1 Å². The smallest absolute Gasteiger partial charge is 0.355 e. The quantitative estimate of drug-likeness (QED) is 0.359. The zero-order valence-electron chi connectivity index (χ0n) is 16.6. The lowest BCUT2D eigenvalue weighted by molar-refractivity contribution is -0.332. The van der Waals surface area contributed by atoms with Gasteiger partial charge in [0.05, 0.1) is 10.6 Å². The van der Waals surface area contributed by atoms with Crippen LogP contribution in [0.4, 0.5) is 36.4 Å². The van der Waals surface area contributed by atoms with Gasteiger partial charge in [0.2, 0.25) is 6.08 Å². The van der Waals surface area contributed by atoms with Crippen LogP contribution in [0.5, 0.6) is 0 Å². The minimum absolute atomic E-state index is 0.0465. The van der Waals surface area contributed by atoms with E-state index in [0.717, 1.165) is 36.4 Å². The highest BCUT2D eigenvalue weighted by Gasteiger charge is 2.78. The number of carbonyl (C=O) groups excluding carboxylic acids is 2. The predicted molar refractivity (Wildman–Crippen MR) is 101 cm³/mol. The molecule has 0 bridgehead atoms. The van der Waals surface area contributed by atoms with E-state index in [4.69, 9.17) is 0 Å². The van der Waals surface area contributed by atoms with Crippen LogP contribution in [-0.2, 0) is 14.6 Å². The second kappa shape index (κ2) is 8.60. The fourth-order valence-corrected chi connectivity index (χ4v) is 4.34. The summed E-state index contributed by atoms with van der Waals surface area (Å²) in [4.78, 5) is 24.6. The summed E-state index contributed by atoms with van der Waals surface area (Å²) in [7, 11) is -5.39. The third-order valence-electron chi connectivity index (χ3n) is 4.59. The Morgan fingerprint density at radius 1 is 0.970 bits per heavy atom. The lowest BCUT2D eigenvalue weighted by Crippen LogP contribution is -2.55. The molecule has 2 aromatic carbocycles. The Labute approximate surface area is 182 Å². The summed E-state index contributed by atoms with van der Waals surface area (Å²) in [6.07, 6.45) is -5.75. The van der Waals surface area contributed by atoms with Gasteiger partial charge in [0.25, 0.3) is 15.7 Å². The summed E-state index contributed by atoms with van der Waals surface area (Å²) >= 11 is 0. The molecular formula is C19H13F7N2O4S. The number of alkyl halides is 7. The van der Waals surface area contributed by atoms with Crippen molar-refractivity contribution in [3.8, 4) is 11.1 Å². The number of carbonyl (C=O) groups is 1. The number of rotatable bonds is 6. The van der Waals surface area contributed by atoms with E-state index in [2.05, 4.69) is 10.3 Å². The molecule has 0 aliphatic heterocycles. The highest BCUT2D eigenvalue weighted by atomic mass is 32.2. The summed E-state index contributed by atoms with van der Waals surface area (Å²) in [5, 5.41) is -4.31. The largest absolute Gasteiger partial charge is 0.461 e. The van der Waals surface area contributed by atoms with E-state index in [1.54, 1.807) is 0 Å². The molecule has 6 nitrogen and oxygen atoms in total. The summed E-state index contributed by atoms with van der Waals surface area (Å²) in [5.74, 6) is -7.59. The van der Waals surface area contributed by atoms with Crippen molar-refractivity contribution in [2.24, 2.45) is 4.99 Å². The SMILES string of the molecule is CNC(=O)c1ccc(-c2ccccc2S(=O)(=O)C(F)(F)C(F)(F)C(F)(F)F)c(N=C=O)c1C. The van der Waals surface area contributed by atoms with Crippen LogP contribution in [0.15, 0.2) is 46.3 Å². The van der Waals surface area contributed by atoms with Gasteiger partial charge >= 0.3 is 17.4 Å². The summed E-state index contributed by atoms with van der Waals surface area (Å²) < 4.78 is 118. The van der Waals surface area contributed by atoms with E-state index >= 15 is 0 Å². The number of hydrogen-bond acceptors (Lipinski definition) is 5. The Morgan fingerprint density at radius 3 is 2.06 bits per heavy atom. The van der Waals surface area contributed by atoms with E-state index in [9.17, 15) is 48.7 Å². The maximum atomic E-state index is 14.2. The molecule has 1 amide bonds. The van der Waals surface area contributed by atoms with Gasteiger partial charge in [0.1, 0.15) is 0 Å². The maximum absolute atomic E-state index is 14.2. The molecule has 0 aliphatic rings. The van der Waals surface area contributed by atoms with E-state index in [1.165, 1.54) is 14.0 Å². The average Bonchev–Trinajstić information content (AvgIpc) is 2.73. The van der Waals surface area contributed by atoms with Crippen molar-refractivity contribution in [3.63, 3.8) is 0 Å². The number of isocyanates is 1. The average molecular weight is 498 g/mol. The van der Waals surface area contributed by atoms with Gasteiger partial charge in [-0.15, -0.1) is 0 Å². The Morgan fingerprint density at radius 2 is 1.55 bits per heavy atom. The molecule has 2 rings (SSSR count). The van der Waals surface area contributed by atoms with Gasteiger partial charge in [-0.25, -0.2) is 13.2 Å². The molecule has 0 radical (unpaired) electrons. The number of hydrogen-bond donors (Lipinski definition) is 1. The lowest BCUT2D eigenvalue weighted by atomic mass is 9.96. The van der Waals surface area contributed by atoms with Crippen molar-refractivity contribution in [2.45, 2.75) is 29.2 Å². The zero-order valence-corrected chi connectivity index (χ0v) is 17.4. The van der Waals surface area contributed by atoms with Crippen LogP contribution in [0.2, 0.25) is 0 Å². The number of halogens is 7. The standard InChI is InChI=1S/C19H13F7N2O4S/c1-10-11(16(30)27-2)7-8-13(15(10)28-9-29)12-5-3-4-6-14(12)33(31,32)19(25,26)17(20,21)18(22,23)24/h3-8H,1-2H3,(H,27,30). The molecule has 178 valence electrons. The third kappa shape index (κ3) is 4.11. The Bertz CT molecular complexity index is 1250. The fraction of sp³-hybridized carbons (Fsp3) is 0.263. The highest BCUT2D eigenvalue weighted by Crippen LogP contribution is 2.52. The van der Waals surface area contributed by atoms with Crippen LogP contribution >= 0.6 is 0 Å². The normalized spacial score (nSPS) is 12.8. The molecule has 0 aliphatic carbocycles. The molecule has 0 saturated carbocycles. The Hall–Kier alpha value is -3.25. The van der Waals surface area contributed by atoms with Gasteiger partial charge in [-0.3, -0.25) is 4.79 Å². The Balaban J connectivity index is 2.89. The fourth-order valence-electron chi connectivity index (χ4n) is 2.88. The van der Waals surface area contributed by atoms with Crippen molar-refractivity contribution in [1.82, 2.24) is 5.32 Å². The van der Waals surface area contributed by atoms with Gasteiger partial charge in [-0.1, -0.05) is 24.3 Å². The molecule has 14 heteroatoms. The lowest BCUT2D eigenvalue weighted by Gasteiger charge is -2.28. The van der Waals surface area contributed by atoms with E-state index in [0.29, 0.717) is 6.07 Å². The zero-order chi connectivity index (χ0) is 25.4. The monoisotopic (exact) mass is 498 g/mol. The Kier molecular flexibility index (Phi) is 6.77. The number of aliphatic imine (C=N–C) groups is 1. The molecule has 1 N–H and O–H groups in total. The molecule has 0 fully saturated rings. The number of sulfone groups is 1. The van der Waals surface area contributed by atoms with E-state index < -0.39 is 54.8 Å². The van der Waals surface area contributed by atoms with Gasteiger partial charge in [0.15, 0.2) is 0 Å². The van der Waals surface area contributed by atoms with Crippen molar-refractivity contribution in [2.75, 3.05) is 7.05 Å². The van der Waals surface area contributed by atoms with Gasteiger partial charge in [-0.2, -0.15) is 35.7 Å². The molecule has 2 aromatic rings. The molecule has 33 heavy (non-hydrogen) atoms. The molecule has 0 aromatic heterocycles. The molecule has 0 saturated heterocycles. The first kappa shape index (κ1) is 26.0. The molecule has 0 heterocycles. The van der Waals surface area contributed by atoms with Gasteiger partial charge < -0.3 is 5.32 Å². The van der Waals surface area contributed by atoms with Gasteiger partial charge in [0, 0.05) is 23.7 Å². The number of nitrogens with one attached hydrogen (secondary N) is 1. The topological polar surface area (TPSA) is 92.7 Å². The predicted octanol–water partition coefficient (Wildman–Crippen LogP) is 4.55. The second-order valence-corrected chi connectivity index (χ2v) is 8.46. The molecule has 0 spiro atoms. The number of benzene rings is 2. The number of amides is 1. The summed E-state index contributed by atoms with van der Waals surface area (Å²) in [6, 6.07) is 5.23. The van der Waals surface area contributed by atoms with Crippen LogP contribution in [0, 0.1) is 6.92 Å². The van der Waals surface area contributed by atoms with Crippen molar-refractivity contribution in [1.29, 1.82) is 0 Å². The third-order valence-corrected chi connectivity index (χ3v) is 6.45. The first-order valence-electron chi connectivity index (χ1n) is 8.66. The first-order chi connectivity index (χ1) is 15.1. The van der Waals surface area contributed by atoms with E-state index in [1.807, 2.05) is 0 Å². The highest BCUT2D eigenvalue weighted by molar-refractivity contribution is 7.92.